The molecule has 0 aliphatic heterocycles. The van der Waals surface area contributed by atoms with Crippen LogP contribution >= 0.6 is 0 Å². The van der Waals surface area contributed by atoms with Crippen molar-refractivity contribution in [1.29, 1.82) is 0 Å². The van der Waals surface area contributed by atoms with Crippen LogP contribution in [-0.2, 0) is 0 Å². The molecule has 1 aromatic heterocycles. The van der Waals surface area contributed by atoms with Crippen LogP contribution in [0.2, 0.25) is 0 Å². The highest BCUT2D eigenvalue weighted by Gasteiger charge is 2.11. The van der Waals surface area contributed by atoms with Crippen molar-refractivity contribution in [2.75, 3.05) is 10.6 Å². The lowest BCUT2D eigenvalue weighted by molar-refractivity contribution is 0.262. The van der Waals surface area contributed by atoms with Crippen LogP contribution in [0.3, 0.4) is 0 Å². The second-order valence-corrected chi connectivity index (χ2v) is 7.06. The van der Waals surface area contributed by atoms with Gasteiger partial charge in [-0.05, 0) is 72.9 Å². The topological polar surface area (TPSA) is 63.2 Å². The molecule has 1 heterocycles. The molecule has 144 valence electrons. The fraction of sp³-hybridized carbons (Fsp3) is 0.217. The normalized spacial score (nSPS) is 10.6. The third kappa shape index (κ3) is 4.88. The first-order valence-electron chi connectivity index (χ1n) is 9.30. The van der Waals surface area contributed by atoms with Crippen LogP contribution in [-0.4, -0.2) is 11.0 Å². The van der Waals surface area contributed by atoms with Crippen LogP contribution in [0, 0.1) is 13.8 Å². The molecule has 2 aromatic carbocycles. The minimum Gasteiger partial charge on any atom is -0.437 e. The predicted molar refractivity (Wildman–Crippen MR) is 113 cm³/mol. The monoisotopic (exact) mass is 375 g/mol. The van der Waals surface area contributed by atoms with E-state index < -0.39 is 0 Å². The summed E-state index contributed by atoms with van der Waals surface area (Å²) in [6, 6.07) is 16.8. The number of pyridine rings is 1. The van der Waals surface area contributed by atoms with Crippen molar-refractivity contribution in [3.63, 3.8) is 0 Å². The van der Waals surface area contributed by atoms with Gasteiger partial charge in [0.2, 0.25) is 5.88 Å². The SMILES string of the molecule is Cc1ccc(NC(=O)Nc2cccnc2Oc2cccc(C(C)C)c2)cc1C. The first-order chi connectivity index (χ1) is 13.4. The Morgan fingerprint density at radius 2 is 1.79 bits per heavy atom. The summed E-state index contributed by atoms with van der Waals surface area (Å²) < 4.78 is 5.93. The summed E-state index contributed by atoms with van der Waals surface area (Å²) in [6.07, 6.45) is 1.63. The first kappa shape index (κ1) is 19.4. The van der Waals surface area contributed by atoms with E-state index in [4.69, 9.17) is 4.74 Å². The van der Waals surface area contributed by atoms with E-state index in [9.17, 15) is 4.79 Å². The second kappa shape index (κ2) is 8.57. The average molecular weight is 375 g/mol. The number of benzene rings is 2. The molecule has 0 unspecified atom stereocenters. The largest absolute Gasteiger partial charge is 0.437 e. The van der Waals surface area contributed by atoms with Gasteiger partial charge in [0.25, 0.3) is 0 Å². The minimum atomic E-state index is -0.350. The van der Waals surface area contributed by atoms with Gasteiger partial charge >= 0.3 is 6.03 Å². The Morgan fingerprint density at radius 3 is 2.54 bits per heavy atom. The molecule has 2 amide bonds. The summed E-state index contributed by atoms with van der Waals surface area (Å²) in [5.74, 6) is 1.43. The molecule has 0 fully saturated rings. The molecular formula is C23H25N3O2. The van der Waals surface area contributed by atoms with E-state index >= 15 is 0 Å². The number of aromatic nitrogens is 1. The highest BCUT2D eigenvalue weighted by Crippen LogP contribution is 2.29. The lowest BCUT2D eigenvalue weighted by Gasteiger charge is -2.13. The number of urea groups is 1. The Balaban J connectivity index is 1.74. The number of anilines is 2. The van der Waals surface area contributed by atoms with Gasteiger partial charge in [0.05, 0.1) is 0 Å². The van der Waals surface area contributed by atoms with Crippen molar-refractivity contribution in [1.82, 2.24) is 4.98 Å². The van der Waals surface area contributed by atoms with Crippen LogP contribution in [0.25, 0.3) is 0 Å². The molecule has 28 heavy (non-hydrogen) atoms. The smallest absolute Gasteiger partial charge is 0.323 e. The predicted octanol–water partition coefficient (Wildman–Crippen LogP) is 6.26. The van der Waals surface area contributed by atoms with Gasteiger partial charge in [-0.3, -0.25) is 0 Å². The van der Waals surface area contributed by atoms with E-state index in [-0.39, 0.29) is 6.03 Å². The summed E-state index contributed by atoms with van der Waals surface area (Å²) in [7, 11) is 0. The van der Waals surface area contributed by atoms with Crippen molar-refractivity contribution in [3.8, 4) is 11.6 Å². The number of amides is 2. The van der Waals surface area contributed by atoms with Crippen LogP contribution in [0.5, 0.6) is 11.6 Å². The van der Waals surface area contributed by atoms with Gasteiger partial charge in [-0.2, -0.15) is 0 Å². The molecule has 2 N–H and O–H groups in total. The highest BCUT2D eigenvalue weighted by molar-refractivity contribution is 6.00. The standard InChI is InChI=1S/C23H25N3O2/c1-15(2)18-7-5-8-20(14-18)28-22-21(9-6-12-24-22)26-23(27)25-19-11-10-16(3)17(4)13-19/h5-15H,1-4H3,(H2,25,26,27). The molecule has 3 aromatic rings. The van der Waals surface area contributed by atoms with E-state index in [0.29, 0.717) is 23.2 Å². The lowest BCUT2D eigenvalue weighted by Crippen LogP contribution is -2.20. The summed E-state index contributed by atoms with van der Waals surface area (Å²) in [5.41, 5.74) is 4.71. The van der Waals surface area contributed by atoms with Crippen molar-refractivity contribution in [2.45, 2.75) is 33.6 Å². The number of carbonyl (C=O) groups excluding carboxylic acids is 1. The fourth-order valence-corrected chi connectivity index (χ4v) is 2.72. The van der Waals surface area contributed by atoms with Gasteiger partial charge in [-0.15, -0.1) is 0 Å². The van der Waals surface area contributed by atoms with Crippen molar-refractivity contribution in [3.05, 3.63) is 77.5 Å². The Morgan fingerprint density at radius 1 is 0.964 bits per heavy atom. The van der Waals surface area contributed by atoms with Gasteiger partial charge in [-0.25, -0.2) is 9.78 Å². The number of hydrogen-bond donors (Lipinski definition) is 2. The number of rotatable bonds is 5. The van der Waals surface area contributed by atoms with Crippen molar-refractivity contribution < 1.29 is 9.53 Å². The van der Waals surface area contributed by atoms with E-state index in [2.05, 4.69) is 35.5 Å². The van der Waals surface area contributed by atoms with Gasteiger partial charge in [0.15, 0.2) is 0 Å². The van der Waals surface area contributed by atoms with Gasteiger partial charge < -0.3 is 15.4 Å². The maximum Gasteiger partial charge on any atom is 0.323 e. The number of carbonyl (C=O) groups is 1. The number of nitrogens with zero attached hydrogens (tertiary/aromatic N) is 1. The maximum atomic E-state index is 12.4. The maximum absolute atomic E-state index is 12.4. The number of aryl methyl sites for hydroxylation is 2. The molecule has 0 bridgehead atoms. The van der Waals surface area contributed by atoms with Crippen molar-refractivity contribution in [2.24, 2.45) is 0 Å². The number of ether oxygens (including phenoxy) is 1. The molecule has 5 nitrogen and oxygen atoms in total. The lowest BCUT2D eigenvalue weighted by atomic mass is 10.0. The number of nitrogens with one attached hydrogen (secondary N) is 2. The molecule has 0 aliphatic rings. The molecule has 0 atom stereocenters. The highest BCUT2D eigenvalue weighted by atomic mass is 16.5. The average Bonchev–Trinajstić information content (AvgIpc) is 2.66. The third-order valence-corrected chi connectivity index (χ3v) is 4.52. The fourth-order valence-electron chi connectivity index (χ4n) is 2.72. The molecule has 0 saturated heterocycles. The Hall–Kier alpha value is -3.34. The van der Waals surface area contributed by atoms with Gasteiger partial charge in [0, 0.05) is 11.9 Å². The Labute approximate surface area is 165 Å². The summed E-state index contributed by atoms with van der Waals surface area (Å²) in [6.45, 7) is 8.30. The van der Waals surface area contributed by atoms with E-state index in [1.54, 1.807) is 18.3 Å². The second-order valence-electron chi connectivity index (χ2n) is 7.06. The van der Waals surface area contributed by atoms with E-state index in [1.807, 2.05) is 50.2 Å². The summed E-state index contributed by atoms with van der Waals surface area (Å²) in [5, 5.41) is 5.65. The molecule has 0 spiro atoms. The molecule has 0 aliphatic carbocycles. The van der Waals surface area contributed by atoms with Crippen LogP contribution in [0.1, 0.15) is 36.5 Å². The molecule has 3 rings (SSSR count). The first-order valence-corrected chi connectivity index (χ1v) is 9.30. The third-order valence-electron chi connectivity index (χ3n) is 4.52. The van der Waals surface area contributed by atoms with Crippen LogP contribution in [0.15, 0.2) is 60.8 Å². The molecule has 0 saturated carbocycles. The van der Waals surface area contributed by atoms with E-state index in [0.717, 1.165) is 11.3 Å². The molecule has 5 heteroatoms. The zero-order chi connectivity index (χ0) is 20.1. The quantitative estimate of drug-likeness (QED) is 0.553. The minimum absolute atomic E-state index is 0.346. The number of hydrogen-bond acceptors (Lipinski definition) is 3. The molecular weight excluding hydrogens is 350 g/mol. The summed E-state index contributed by atoms with van der Waals surface area (Å²) in [4.78, 5) is 16.7. The van der Waals surface area contributed by atoms with Crippen molar-refractivity contribution >= 4 is 17.4 Å². The zero-order valence-electron chi connectivity index (χ0n) is 16.6. The van der Waals surface area contributed by atoms with Gasteiger partial charge in [0.1, 0.15) is 11.4 Å². The summed E-state index contributed by atoms with van der Waals surface area (Å²) >= 11 is 0. The molecule has 0 radical (unpaired) electrons. The van der Waals surface area contributed by atoms with Gasteiger partial charge in [-0.1, -0.05) is 32.0 Å². The van der Waals surface area contributed by atoms with Crippen LogP contribution in [0.4, 0.5) is 16.2 Å². The zero-order valence-corrected chi connectivity index (χ0v) is 16.6. The van der Waals surface area contributed by atoms with E-state index in [1.165, 1.54) is 11.1 Å². The van der Waals surface area contributed by atoms with Crippen LogP contribution < -0.4 is 15.4 Å². The Kier molecular flexibility index (Phi) is 5.94. The Bertz CT molecular complexity index is 983.